The molecule has 0 saturated heterocycles. The number of carboxylic acid groups (broad SMARTS) is 1. The monoisotopic (exact) mass is 475 g/mol. The maximum absolute atomic E-state index is 12.6. The van der Waals surface area contributed by atoms with E-state index in [1.165, 1.54) is 12.1 Å². The van der Waals surface area contributed by atoms with Crippen LogP contribution in [0.25, 0.3) is 5.57 Å². The summed E-state index contributed by atoms with van der Waals surface area (Å²) < 4.78 is 0. The van der Waals surface area contributed by atoms with E-state index >= 15 is 0 Å². The maximum atomic E-state index is 12.6. The predicted octanol–water partition coefficient (Wildman–Crippen LogP) is 2.99. The lowest BCUT2D eigenvalue weighted by Gasteiger charge is -2.25. The van der Waals surface area contributed by atoms with Gasteiger partial charge in [-0.3, -0.25) is 14.5 Å². The van der Waals surface area contributed by atoms with E-state index in [2.05, 4.69) is 11.4 Å². The van der Waals surface area contributed by atoms with E-state index in [0.29, 0.717) is 6.54 Å². The number of halogens is 2. The van der Waals surface area contributed by atoms with Gasteiger partial charge in [-0.1, -0.05) is 59.6 Å². The van der Waals surface area contributed by atoms with E-state index in [9.17, 15) is 19.5 Å². The number of rotatable bonds is 8. The predicted molar refractivity (Wildman–Crippen MR) is 124 cm³/mol. The Morgan fingerprint density at radius 1 is 1.09 bits per heavy atom. The van der Waals surface area contributed by atoms with E-state index < -0.39 is 17.9 Å². The van der Waals surface area contributed by atoms with Crippen LogP contribution >= 0.6 is 23.2 Å². The van der Waals surface area contributed by atoms with Gasteiger partial charge in [0.2, 0.25) is 5.91 Å². The molecule has 168 valence electrons. The minimum atomic E-state index is -1.16. The van der Waals surface area contributed by atoms with Gasteiger partial charge in [-0.2, -0.15) is 0 Å². The summed E-state index contributed by atoms with van der Waals surface area (Å²) in [4.78, 5) is 37.3. The number of primary amides is 1. The number of benzene rings is 2. The van der Waals surface area contributed by atoms with E-state index in [0.717, 1.165) is 29.7 Å². The summed E-state index contributed by atoms with van der Waals surface area (Å²) in [5.74, 6) is -2.14. The van der Waals surface area contributed by atoms with Crippen LogP contribution in [0.1, 0.15) is 27.9 Å². The van der Waals surface area contributed by atoms with Crippen molar-refractivity contribution in [1.82, 2.24) is 10.2 Å². The number of hydrogen-bond acceptors (Lipinski definition) is 4. The summed E-state index contributed by atoms with van der Waals surface area (Å²) in [5, 5.41) is 12.4. The minimum absolute atomic E-state index is 0.0482. The van der Waals surface area contributed by atoms with Gasteiger partial charge in [0.05, 0.1) is 22.2 Å². The number of aliphatic carboxylic acids is 1. The van der Waals surface area contributed by atoms with Crippen LogP contribution in [0.15, 0.2) is 48.5 Å². The van der Waals surface area contributed by atoms with Gasteiger partial charge >= 0.3 is 5.97 Å². The van der Waals surface area contributed by atoms with Crippen molar-refractivity contribution in [2.75, 3.05) is 19.6 Å². The largest absolute Gasteiger partial charge is 0.480 e. The van der Waals surface area contributed by atoms with Crippen LogP contribution in [0.4, 0.5) is 0 Å². The SMILES string of the molecule is NC(=O)CN1CC=C(c2ccc(C[C@H](NC(=O)c3c(Cl)cccc3Cl)C(=O)O)cc2)CC1. The molecule has 0 radical (unpaired) electrons. The minimum Gasteiger partial charge on any atom is -0.480 e. The quantitative estimate of drug-likeness (QED) is 0.542. The third-order valence-electron chi connectivity index (χ3n) is 5.23. The Kier molecular flexibility index (Phi) is 7.90. The van der Waals surface area contributed by atoms with Crippen LogP contribution in [0.3, 0.4) is 0 Å². The second-order valence-corrected chi connectivity index (χ2v) is 8.36. The van der Waals surface area contributed by atoms with Crippen LogP contribution in [0, 0.1) is 0 Å². The molecule has 32 heavy (non-hydrogen) atoms. The van der Waals surface area contributed by atoms with Gasteiger partial charge in [0, 0.05) is 19.5 Å². The molecule has 0 saturated carbocycles. The molecule has 1 aliphatic heterocycles. The Bertz CT molecular complexity index is 1030. The highest BCUT2D eigenvalue weighted by atomic mass is 35.5. The third-order valence-corrected chi connectivity index (χ3v) is 5.86. The number of nitrogens with one attached hydrogen (secondary N) is 1. The molecule has 0 fully saturated rings. The Labute approximate surface area is 195 Å². The molecular formula is C23H23Cl2N3O4. The number of nitrogens with zero attached hydrogens (tertiary/aromatic N) is 1. The Hall–Kier alpha value is -2.87. The van der Waals surface area contributed by atoms with Crippen molar-refractivity contribution < 1.29 is 19.5 Å². The zero-order valence-corrected chi connectivity index (χ0v) is 18.7. The molecule has 1 aliphatic rings. The van der Waals surface area contributed by atoms with Crippen molar-refractivity contribution in [3.05, 3.63) is 75.3 Å². The fourth-order valence-electron chi connectivity index (χ4n) is 3.57. The molecular weight excluding hydrogens is 453 g/mol. The lowest BCUT2D eigenvalue weighted by atomic mass is 9.96. The van der Waals surface area contributed by atoms with Gasteiger partial charge in [0.1, 0.15) is 6.04 Å². The highest BCUT2D eigenvalue weighted by Gasteiger charge is 2.24. The van der Waals surface area contributed by atoms with Gasteiger partial charge in [-0.25, -0.2) is 4.79 Å². The van der Waals surface area contributed by atoms with E-state index in [4.69, 9.17) is 28.9 Å². The molecule has 0 aliphatic carbocycles. The van der Waals surface area contributed by atoms with Crippen LogP contribution in [0.2, 0.25) is 10.0 Å². The highest BCUT2D eigenvalue weighted by molar-refractivity contribution is 6.39. The van der Waals surface area contributed by atoms with Gasteiger partial charge < -0.3 is 16.2 Å². The number of nitrogens with two attached hydrogens (primary N) is 1. The normalized spacial score (nSPS) is 15.0. The summed E-state index contributed by atoms with van der Waals surface area (Å²) in [6.45, 7) is 1.64. The molecule has 2 aromatic carbocycles. The van der Waals surface area contributed by atoms with Crippen molar-refractivity contribution in [3.63, 3.8) is 0 Å². The average molecular weight is 476 g/mol. The van der Waals surface area contributed by atoms with Crippen LogP contribution in [-0.2, 0) is 16.0 Å². The molecule has 9 heteroatoms. The molecule has 0 unspecified atom stereocenters. The first-order valence-electron chi connectivity index (χ1n) is 10.0. The first-order valence-corrected chi connectivity index (χ1v) is 10.8. The molecule has 1 heterocycles. The Balaban J connectivity index is 1.66. The van der Waals surface area contributed by atoms with E-state index in [-0.39, 0.29) is 34.5 Å². The Morgan fingerprint density at radius 3 is 2.28 bits per heavy atom. The molecule has 3 rings (SSSR count). The summed E-state index contributed by atoms with van der Waals surface area (Å²) in [6, 6.07) is 11.0. The van der Waals surface area contributed by atoms with Crippen LogP contribution < -0.4 is 11.1 Å². The van der Waals surface area contributed by atoms with Gasteiger partial charge in [-0.05, 0) is 35.3 Å². The van der Waals surface area contributed by atoms with E-state index in [1.54, 1.807) is 6.07 Å². The molecule has 0 aromatic heterocycles. The lowest BCUT2D eigenvalue weighted by Crippen LogP contribution is -2.42. The number of carbonyl (C=O) groups excluding carboxylic acids is 2. The molecule has 0 spiro atoms. The zero-order chi connectivity index (χ0) is 23.3. The summed E-state index contributed by atoms with van der Waals surface area (Å²) in [6.07, 6.45) is 2.96. The smallest absolute Gasteiger partial charge is 0.326 e. The molecule has 4 N–H and O–H groups in total. The van der Waals surface area contributed by atoms with Crippen molar-refractivity contribution in [1.29, 1.82) is 0 Å². The average Bonchev–Trinajstić information content (AvgIpc) is 2.74. The van der Waals surface area contributed by atoms with Crippen LogP contribution in [0.5, 0.6) is 0 Å². The lowest BCUT2D eigenvalue weighted by molar-refractivity contribution is -0.139. The third kappa shape index (κ3) is 6.09. The second-order valence-electron chi connectivity index (χ2n) is 7.54. The number of carbonyl (C=O) groups is 3. The van der Waals surface area contributed by atoms with Crippen molar-refractivity contribution in [2.24, 2.45) is 5.73 Å². The Morgan fingerprint density at radius 2 is 1.75 bits per heavy atom. The molecule has 2 aromatic rings. The fourth-order valence-corrected chi connectivity index (χ4v) is 4.14. The first-order chi connectivity index (χ1) is 15.2. The number of hydrogen-bond donors (Lipinski definition) is 3. The summed E-state index contributed by atoms with van der Waals surface area (Å²) in [5.41, 5.74) is 8.25. The van der Waals surface area contributed by atoms with E-state index in [1.807, 2.05) is 29.2 Å². The standard InChI is InChI=1S/C23H23Cl2N3O4/c24-17-2-1-3-18(25)21(17)22(30)27-19(23(31)32)12-14-4-6-15(7-5-14)16-8-10-28(11-9-16)13-20(26)29/h1-8,19H,9-13H2,(H2,26,29)(H,27,30)(H,31,32)/t19-/m0/s1. The first kappa shape index (κ1) is 23.8. The molecule has 2 amide bonds. The van der Waals surface area contributed by atoms with Gasteiger partial charge in [0.15, 0.2) is 0 Å². The topological polar surface area (TPSA) is 113 Å². The summed E-state index contributed by atoms with van der Waals surface area (Å²) >= 11 is 12.1. The summed E-state index contributed by atoms with van der Waals surface area (Å²) in [7, 11) is 0. The van der Waals surface area contributed by atoms with Crippen molar-refractivity contribution >= 4 is 46.6 Å². The van der Waals surface area contributed by atoms with Crippen molar-refractivity contribution in [2.45, 2.75) is 18.9 Å². The maximum Gasteiger partial charge on any atom is 0.326 e. The number of amides is 2. The van der Waals surface area contributed by atoms with Gasteiger partial charge in [-0.15, -0.1) is 0 Å². The van der Waals surface area contributed by atoms with Gasteiger partial charge in [0.25, 0.3) is 5.91 Å². The van der Waals surface area contributed by atoms with Crippen LogP contribution in [-0.4, -0.2) is 53.5 Å². The number of carboxylic acids is 1. The molecule has 0 bridgehead atoms. The van der Waals surface area contributed by atoms with Crippen molar-refractivity contribution in [3.8, 4) is 0 Å². The molecule has 7 nitrogen and oxygen atoms in total. The highest BCUT2D eigenvalue weighted by Crippen LogP contribution is 2.25. The fraction of sp³-hybridized carbons (Fsp3) is 0.261. The zero-order valence-electron chi connectivity index (χ0n) is 17.2. The molecule has 1 atom stereocenters. The second kappa shape index (κ2) is 10.6.